The summed E-state index contributed by atoms with van der Waals surface area (Å²) in [6.45, 7) is 10.1. The summed E-state index contributed by atoms with van der Waals surface area (Å²) < 4.78 is 1.85. The minimum absolute atomic E-state index is 0.0722. The highest BCUT2D eigenvalue weighted by Gasteiger charge is 2.24. The van der Waals surface area contributed by atoms with Crippen LogP contribution in [0.4, 0.5) is 0 Å². The van der Waals surface area contributed by atoms with Gasteiger partial charge in [-0.25, -0.2) is 0 Å². The first-order valence-corrected chi connectivity index (χ1v) is 9.99. The van der Waals surface area contributed by atoms with Crippen molar-refractivity contribution in [2.75, 3.05) is 38.2 Å². The van der Waals surface area contributed by atoms with Crippen LogP contribution < -0.4 is 0 Å². The molecule has 1 aromatic heterocycles. The van der Waals surface area contributed by atoms with Gasteiger partial charge in [-0.1, -0.05) is 0 Å². The third-order valence-electron chi connectivity index (χ3n) is 4.54. The summed E-state index contributed by atoms with van der Waals surface area (Å²) in [6, 6.07) is 2.72. The van der Waals surface area contributed by atoms with Crippen LogP contribution in [0.5, 0.6) is 0 Å². The molecule has 0 aromatic carbocycles. The molecule has 0 radical (unpaired) electrons. The molecule has 1 aliphatic rings. The summed E-state index contributed by atoms with van der Waals surface area (Å²) in [7, 11) is 0. The first-order valence-electron chi connectivity index (χ1n) is 8.60. The zero-order chi connectivity index (χ0) is 16.8. The van der Waals surface area contributed by atoms with Crippen LogP contribution >= 0.6 is 11.8 Å². The summed E-state index contributed by atoms with van der Waals surface area (Å²) in [5.41, 5.74) is 0.572. The Hall–Kier alpha value is -1.01. The van der Waals surface area contributed by atoms with E-state index in [-0.39, 0.29) is 11.9 Å². The van der Waals surface area contributed by atoms with Crippen LogP contribution in [0.25, 0.3) is 0 Å². The quantitative estimate of drug-likeness (QED) is 0.800. The van der Waals surface area contributed by atoms with E-state index >= 15 is 0 Å². The minimum Gasteiger partial charge on any atom is -0.336 e. The number of amides is 1. The number of rotatable bonds is 6. The summed E-state index contributed by atoms with van der Waals surface area (Å²) in [4.78, 5) is 17.2. The lowest BCUT2D eigenvalue weighted by Gasteiger charge is -2.27. The van der Waals surface area contributed by atoms with Gasteiger partial charge in [0.05, 0.1) is 0 Å². The number of hydrogen-bond acceptors (Lipinski definition) is 4. The Kier molecular flexibility index (Phi) is 6.96. The highest BCUT2D eigenvalue weighted by atomic mass is 32.2. The number of carbonyl (C=O) groups is 1. The number of hydrogen-bond donors (Lipinski definition) is 0. The summed E-state index contributed by atoms with van der Waals surface area (Å²) in [6.07, 6.45) is 6.31. The maximum atomic E-state index is 12.7. The van der Waals surface area contributed by atoms with Gasteiger partial charge >= 0.3 is 0 Å². The lowest BCUT2D eigenvalue weighted by Crippen LogP contribution is -2.38. The molecule has 1 saturated heterocycles. The first kappa shape index (κ1) is 18.3. The topological polar surface area (TPSA) is 41.4 Å². The van der Waals surface area contributed by atoms with Crippen LogP contribution in [-0.2, 0) is 0 Å². The van der Waals surface area contributed by atoms with Crippen LogP contribution in [0, 0.1) is 0 Å². The average molecular weight is 339 g/mol. The van der Waals surface area contributed by atoms with Crippen molar-refractivity contribution in [2.24, 2.45) is 0 Å². The minimum atomic E-state index is 0.0722. The van der Waals surface area contributed by atoms with Crippen molar-refractivity contribution < 1.29 is 4.79 Å². The third kappa shape index (κ3) is 4.98. The predicted octanol–water partition coefficient (Wildman–Crippen LogP) is 2.75. The SMILES string of the molecule is CSCCC(C)N1CCCN(C(=O)c2ccn(C(C)C)n2)CC1. The van der Waals surface area contributed by atoms with Crippen LogP contribution in [0.2, 0.25) is 0 Å². The molecule has 1 aliphatic heterocycles. The fraction of sp³-hybridized carbons (Fsp3) is 0.765. The Labute approximate surface area is 144 Å². The molecule has 1 unspecified atom stereocenters. The maximum absolute atomic E-state index is 12.7. The monoisotopic (exact) mass is 338 g/mol. The van der Waals surface area contributed by atoms with Gasteiger partial charge in [0.15, 0.2) is 0 Å². The molecule has 0 saturated carbocycles. The molecule has 23 heavy (non-hydrogen) atoms. The van der Waals surface area contributed by atoms with Crippen LogP contribution in [0.15, 0.2) is 12.3 Å². The van der Waals surface area contributed by atoms with Crippen molar-refractivity contribution in [3.05, 3.63) is 18.0 Å². The third-order valence-corrected chi connectivity index (χ3v) is 5.18. The fourth-order valence-corrected chi connectivity index (χ4v) is 3.53. The maximum Gasteiger partial charge on any atom is 0.274 e. The lowest BCUT2D eigenvalue weighted by molar-refractivity contribution is 0.0751. The molecule has 1 aromatic rings. The van der Waals surface area contributed by atoms with Gasteiger partial charge in [0.25, 0.3) is 5.91 Å². The van der Waals surface area contributed by atoms with Gasteiger partial charge in [-0.05, 0) is 51.7 Å². The van der Waals surface area contributed by atoms with Crippen LogP contribution in [-0.4, -0.2) is 69.7 Å². The highest BCUT2D eigenvalue weighted by molar-refractivity contribution is 7.98. The molecule has 130 valence electrons. The van der Waals surface area contributed by atoms with E-state index in [4.69, 9.17) is 0 Å². The fourth-order valence-electron chi connectivity index (χ4n) is 2.95. The normalized spacial score (nSPS) is 18.2. The Morgan fingerprint density at radius 2 is 2.04 bits per heavy atom. The van der Waals surface area contributed by atoms with Gasteiger partial charge < -0.3 is 4.90 Å². The van der Waals surface area contributed by atoms with Gasteiger partial charge in [0.1, 0.15) is 5.69 Å². The second kappa shape index (κ2) is 8.73. The molecule has 1 amide bonds. The zero-order valence-electron chi connectivity index (χ0n) is 14.9. The van der Waals surface area contributed by atoms with Crippen LogP contribution in [0.1, 0.15) is 50.1 Å². The molecule has 5 nitrogen and oxygen atoms in total. The molecular formula is C17H30N4OS. The molecule has 0 spiro atoms. The number of thioether (sulfide) groups is 1. The van der Waals surface area contributed by atoms with E-state index in [2.05, 4.69) is 37.0 Å². The van der Waals surface area contributed by atoms with Crippen molar-refractivity contribution >= 4 is 17.7 Å². The molecule has 0 bridgehead atoms. The van der Waals surface area contributed by atoms with E-state index in [1.54, 1.807) is 0 Å². The second-order valence-electron chi connectivity index (χ2n) is 6.59. The van der Waals surface area contributed by atoms with Crippen molar-refractivity contribution in [3.8, 4) is 0 Å². The molecule has 2 heterocycles. The van der Waals surface area contributed by atoms with Crippen molar-refractivity contribution in [2.45, 2.75) is 45.7 Å². The smallest absolute Gasteiger partial charge is 0.274 e. The van der Waals surface area contributed by atoms with Gasteiger partial charge in [0.2, 0.25) is 0 Å². The van der Waals surface area contributed by atoms with Gasteiger partial charge in [-0.2, -0.15) is 16.9 Å². The van der Waals surface area contributed by atoms with Crippen molar-refractivity contribution in [1.29, 1.82) is 0 Å². The number of aromatic nitrogens is 2. The van der Waals surface area contributed by atoms with Gasteiger partial charge in [-0.3, -0.25) is 14.4 Å². The summed E-state index contributed by atoms with van der Waals surface area (Å²) >= 11 is 1.90. The van der Waals surface area contributed by atoms with Gasteiger partial charge in [-0.15, -0.1) is 0 Å². The molecule has 6 heteroatoms. The summed E-state index contributed by atoms with van der Waals surface area (Å²) in [5.74, 6) is 1.27. The van der Waals surface area contributed by atoms with Gasteiger partial charge in [0, 0.05) is 44.5 Å². The van der Waals surface area contributed by atoms with E-state index in [1.807, 2.05) is 33.6 Å². The summed E-state index contributed by atoms with van der Waals surface area (Å²) in [5, 5.41) is 4.42. The van der Waals surface area contributed by atoms with E-state index < -0.39 is 0 Å². The largest absolute Gasteiger partial charge is 0.336 e. The Balaban J connectivity index is 1.92. The Morgan fingerprint density at radius 3 is 2.70 bits per heavy atom. The van der Waals surface area contributed by atoms with E-state index in [1.165, 1.54) is 12.2 Å². The Morgan fingerprint density at radius 1 is 1.26 bits per heavy atom. The van der Waals surface area contributed by atoms with E-state index in [0.717, 1.165) is 32.6 Å². The Bertz CT molecular complexity index is 503. The molecule has 1 fully saturated rings. The first-order chi connectivity index (χ1) is 11.0. The molecule has 0 aliphatic carbocycles. The predicted molar refractivity (Wildman–Crippen MR) is 97.2 cm³/mol. The van der Waals surface area contributed by atoms with E-state index in [0.29, 0.717) is 11.7 Å². The number of carbonyl (C=O) groups excluding carboxylic acids is 1. The van der Waals surface area contributed by atoms with Crippen molar-refractivity contribution in [3.63, 3.8) is 0 Å². The molecule has 2 rings (SSSR count). The molecule has 1 atom stereocenters. The zero-order valence-corrected chi connectivity index (χ0v) is 15.7. The molecular weight excluding hydrogens is 308 g/mol. The van der Waals surface area contributed by atoms with E-state index in [9.17, 15) is 4.79 Å². The average Bonchev–Trinajstić information content (AvgIpc) is 2.90. The highest BCUT2D eigenvalue weighted by Crippen LogP contribution is 2.14. The second-order valence-corrected chi connectivity index (χ2v) is 7.57. The standard InChI is InChI=1S/C17H30N4OS/c1-14(2)21-10-6-16(18-21)17(22)20-9-5-8-19(11-12-20)15(3)7-13-23-4/h6,10,14-15H,5,7-9,11-13H2,1-4H3. The number of nitrogens with zero attached hydrogens (tertiary/aromatic N) is 4. The van der Waals surface area contributed by atoms with Crippen molar-refractivity contribution in [1.82, 2.24) is 19.6 Å². The lowest BCUT2D eigenvalue weighted by atomic mass is 10.2. The van der Waals surface area contributed by atoms with Crippen LogP contribution in [0.3, 0.4) is 0 Å². The molecule has 0 N–H and O–H groups in total.